The number of benzene rings is 2. The average Bonchev–Trinajstić information content (AvgIpc) is 3.27. The molecule has 0 bridgehead atoms. The first kappa shape index (κ1) is 13.8. The third kappa shape index (κ3) is 2.33. The van der Waals surface area contributed by atoms with E-state index in [0.717, 1.165) is 28.2 Å². The summed E-state index contributed by atoms with van der Waals surface area (Å²) in [6, 6.07) is 22.1. The second-order valence-corrected chi connectivity index (χ2v) is 5.74. The number of hydrogen-bond acceptors (Lipinski definition) is 5. The molecule has 4 aromatic rings. The summed E-state index contributed by atoms with van der Waals surface area (Å²) < 4.78 is 1.91. The van der Waals surface area contributed by atoms with Crippen molar-refractivity contribution in [2.24, 2.45) is 5.10 Å². The van der Waals surface area contributed by atoms with Crippen molar-refractivity contribution in [1.82, 2.24) is 30.1 Å². The van der Waals surface area contributed by atoms with Gasteiger partial charge < -0.3 is 0 Å². The zero-order chi connectivity index (χ0) is 16.6. The van der Waals surface area contributed by atoms with Crippen LogP contribution in [0.15, 0.2) is 71.8 Å². The van der Waals surface area contributed by atoms with Crippen LogP contribution in [0.3, 0.4) is 0 Å². The van der Waals surface area contributed by atoms with Gasteiger partial charge >= 0.3 is 0 Å². The van der Waals surface area contributed by atoms with Crippen molar-refractivity contribution in [3.05, 3.63) is 72.3 Å². The van der Waals surface area contributed by atoms with Crippen LogP contribution in [0.4, 0.5) is 0 Å². The van der Waals surface area contributed by atoms with E-state index in [1.165, 1.54) is 4.79 Å². The van der Waals surface area contributed by atoms with E-state index < -0.39 is 0 Å². The molecule has 3 heterocycles. The van der Waals surface area contributed by atoms with Crippen molar-refractivity contribution in [1.29, 1.82) is 0 Å². The summed E-state index contributed by atoms with van der Waals surface area (Å²) in [5.74, 6) is 0.584. The quantitative estimate of drug-likeness (QED) is 0.567. The summed E-state index contributed by atoms with van der Waals surface area (Å²) in [6.45, 7) is 0.539. The lowest BCUT2D eigenvalue weighted by molar-refractivity contribution is 0.695. The molecule has 1 aliphatic heterocycles. The Bertz CT molecular complexity index is 1060. The van der Waals surface area contributed by atoms with Crippen LogP contribution in [-0.2, 0) is 6.54 Å². The lowest BCUT2D eigenvalue weighted by atomic mass is 10.1. The van der Waals surface area contributed by atoms with Crippen LogP contribution >= 0.6 is 0 Å². The minimum Gasteiger partial charge on any atom is -0.255 e. The Kier molecular flexibility index (Phi) is 3.03. The van der Waals surface area contributed by atoms with Gasteiger partial charge in [-0.2, -0.15) is 5.10 Å². The van der Waals surface area contributed by atoms with Crippen molar-refractivity contribution in [2.45, 2.75) is 6.54 Å². The number of nitrogens with zero attached hydrogens (tertiary/aromatic N) is 7. The van der Waals surface area contributed by atoms with Gasteiger partial charge in [0.2, 0.25) is 5.82 Å². The van der Waals surface area contributed by atoms with Crippen LogP contribution in [-0.4, -0.2) is 35.8 Å². The number of tetrazole rings is 1. The van der Waals surface area contributed by atoms with E-state index in [-0.39, 0.29) is 0 Å². The molecule has 0 N–H and O–H groups in total. The third-order valence-electron chi connectivity index (χ3n) is 4.15. The Morgan fingerprint density at radius 2 is 1.56 bits per heavy atom. The molecule has 0 unspecified atom stereocenters. The van der Waals surface area contributed by atoms with Gasteiger partial charge in [0.05, 0.1) is 18.0 Å². The fraction of sp³-hybridized carbons (Fsp3) is 0.0556. The predicted octanol–water partition coefficient (Wildman–Crippen LogP) is 2.47. The van der Waals surface area contributed by atoms with E-state index in [2.05, 4.69) is 20.6 Å². The highest BCUT2D eigenvalue weighted by atomic mass is 15.7. The summed E-state index contributed by atoms with van der Waals surface area (Å²) in [6.07, 6.45) is 0. The van der Waals surface area contributed by atoms with E-state index >= 15 is 0 Å². The third-order valence-corrected chi connectivity index (χ3v) is 4.15. The zero-order valence-electron chi connectivity index (χ0n) is 13.2. The normalized spacial score (nSPS) is 12.9. The predicted molar refractivity (Wildman–Crippen MR) is 92.9 cm³/mol. The van der Waals surface area contributed by atoms with E-state index in [9.17, 15) is 0 Å². The molecule has 0 saturated heterocycles. The number of aromatic nitrogens is 6. The molecule has 2 aromatic heterocycles. The van der Waals surface area contributed by atoms with Crippen molar-refractivity contribution >= 4 is 5.71 Å². The molecule has 0 fully saturated rings. The topological polar surface area (TPSA) is 73.8 Å². The first-order chi connectivity index (χ1) is 12.4. The highest BCUT2D eigenvalue weighted by Crippen LogP contribution is 2.26. The van der Waals surface area contributed by atoms with Gasteiger partial charge in [-0.15, -0.1) is 15.0 Å². The molecule has 2 aromatic carbocycles. The summed E-state index contributed by atoms with van der Waals surface area (Å²) in [7, 11) is 0. The summed E-state index contributed by atoms with van der Waals surface area (Å²) in [5, 5.41) is 21.3. The standard InChI is InChI=1S/C18H13N7/c1-3-7-13(8-4-1)15-11-17-18-19-22-23-25(18)21-16(12-24(17)20-15)14-9-5-2-6-10-14/h1-11H,12H2. The molecule has 0 atom stereocenters. The lowest BCUT2D eigenvalue weighted by Gasteiger charge is -2.05. The maximum Gasteiger partial charge on any atom is 0.225 e. The fourth-order valence-electron chi connectivity index (χ4n) is 2.94. The first-order valence-corrected chi connectivity index (χ1v) is 7.94. The molecule has 0 aliphatic carbocycles. The Balaban J connectivity index is 1.67. The minimum absolute atomic E-state index is 0.539. The maximum absolute atomic E-state index is 4.76. The van der Waals surface area contributed by atoms with Crippen molar-refractivity contribution in [3.63, 3.8) is 0 Å². The van der Waals surface area contributed by atoms with Crippen molar-refractivity contribution < 1.29 is 0 Å². The zero-order valence-corrected chi connectivity index (χ0v) is 13.2. The Morgan fingerprint density at radius 1 is 0.840 bits per heavy atom. The largest absolute Gasteiger partial charge is 0.255 e. The van der Waals surface area contributed by atoms with Crippen LogP contribution in [0.5, 0.6) is 0 Å². The van der Waals surface area contributed by atoms with Crippen molar-refractivity contribution in [2.75, 3.05) is 0 Å². The fourth-order valence-corrected chi connectivity index (χ4v) is 2.94. The van der Waals surface area contributed by atoms with Crippen LogP contribution in [0.1, 0.15) is 5.56 Å². The van der Waals surface area contributed by atoms with E-state index in [1.807, 2.05) is 71.4 Å². The molecule has 25 heavy (non-hydrogen) atoms. The summed E-state index contributed by atoms with van der Waals surface area (Å²) in [5.41, 5.74) is 4.67. The number of hydrogen-bond donors (Lipinski definition) is 0. The van der Waals surface area contributed by atoms with E-state index in [4.69, 9.17) is 5.10 Å². The molecule has 1 aliphatic rings. The number of rotatable bonds is 2. The SMILES string of the molecule is c1ccc(C2=Nn3nnnc3-c3cc(-c4ccccc4)nn3C2)cc1. The smallest absolute Gasteiger partial charge is 0.225 e. The van der Waals surface area contributed by atoms with Gasteiger partial charge in [0.15, 0.2) is 0 Å². The minimum atomic E-state index is 0.539. The van der Waals surface area contributed by atoms with Gasteiger partial charge in [-0.3, -0.25) is 4.68 Å². The van der Waals surface area contributed by atoms with E-state index in [1.54, 1.807) is 0 Å². The highest BCUT2D eigenvalue weighted by Gasteiger charge is 2.22. The molecule has 0 spiro atoms. The summed E-state index contributed by atoms with van der Waals surface area (Å²) >= 11 is 0. The molecular formula is C18H13N7. The van der Waals surface area contributed by atoms with Gasteiger partial charge in [-0.05, 0) is 22.1 Å². The van der Waals surface area contributed by atoms with Crippen LogP contribution in [0.2, 0.25) is 0 Å². The molecule has 120 valence electrons. The highest BCUT2D eigenvalue weighted by molar-refractivity contribution is 6.00. The van der Waals surface area contributed by atoms with Crippen LogP contribution < -0.4 is 0 Å². The Morgan fingerprint density at radius 3 is 2.32 bits per heavy atom. The van der Waals surface area contributed by atoms with E-state index in [0.29, 0.717) is 12.4 Å². The van der Waals surface area contributed by atoms with Gasteiger partial charge in [-0.25, -0.2) is 0 Å². The molecule has 0 radical (unpaired) electrons. The number of fused-ring (bicyclic) bond motifs is 3. The summed E-state index contributed by atoms with van der Waals surface area (Å²) in [4.78, 5) is 1.47. The van der Waals surface area contributed by atoms with Crippen LogP contribution in [0, 0.1) is 0 Å². The van der Waals surface area contributed by atoms with Gasteiger partial charge in [0, 0.05) is 5.56 Å². The second-order valence-electron chi connectivity index (χ2n) is 5.74. The van der Waals surface area contributed by atoms with Gasteiger partial charge in [0.25, 0.3) is 0 Å². The van der Waals surface area contributed by atoms with Crippen molar-refractivity contribution in [3.8, 4) is 22.8 Å². The van der Waals surface area contributed by atoms with Crippen LogP contribution in [0.25, 0.3) is 22.8 Å². The molecule has 0 saturated carbocycles. The Hall–Kier alpha value is -3.61. The maximum atomic E-state index is 4.76. The molecule has 5 rings (SSSR count). The molecule has 7 nitrogen and oxygen atoms in total. The molecular weight excluding hydrogens is 314 g/mol. The molecule has 7 heteroatoms. The Labute approximate surface area is 143 Å². The van der Waals surface area contributed by atoms with Gasteiger partial charge in [-0.1, -0.05) is 60.7 Å². The second kappa shape index (κ2) is 5.48. The first-order valence-electron chi connectivity index (χ1n) is 7.94. The average molecular weight is 327 g/mol. The lowest BCUT2D eigenvalue weighted by Crippen LogP contribution is -2.13. The molecule has 0 amide bonds. The monoisotopic (exact) mass is 327 g/mol. The van der Waals surface area contributed by atoms with Gasteiger partial charge in [0.1, 0.15) is 5.69 Å².